The molecule has 0 spiro atoms. The van der Waals surface area contributed by atoms with E-state index in [4.69, 9.17) is 5.73 Å². The van der Waals surface area contributed by atoms with Gasteiger partial charge in [0.15, 0.2) is 0 Å². The number of rotatable bonds is 0. The number of carbonyl (C=O) groups is 2. The largest absolute Gasteiger partial charge is 0.398 e. The molecule has 0 bridgehead atoms. The van der Waals surface area contributed by atoms with Crippen LogP contribution in [0, 0.1) is 0 Å². The Kier molecular flexibility index (Phi) is 2.57. The van der Waals surface area contributed by atoms with Crippen molar-refractivity contribution in [1.29, 1.82) is 0 Å². The number of fused-ring (bicyclic) bond motifs is 1. The van der Waals surface area contributed by atoms with Crippen LogP contribution in [-0.2, 0) is 4.79 Å². The van der Waals surface area contributed by atoms with Crippen molar-refractivity contribution in [3.8, 4) is 0 Å². The number of carbonyl (C=O) groups excluding carboxylic acids is 2. The second-order valence-electron chi connectivity index (χ2n) is 5.03. The molecule has 2 rings (SSSR count). The molecule has 0 fully saturated rings. The Bertz CT molecular complexity index is 537. The van der Waals surface area contributed by atoms with Gasteiger partial charge in [0.25, 0.3) is 11.8 Å². The zero-order valence-electron chi connectivity index (χ0n) is 11.0. The molecule has 0 radical (unpaired) electrons. The van der Waals surface area contributed by atoms with Crippen LogP contribution < -0.4 is 10.6 Å². The maximum atomic E-state index is 12.4. The molecule has 1 aliphatic rings. The summed E-state index contributed by atoms with van der Waals surface area (Å²) in [5.41, 5.74) is 6.32. The van der Waals surface area contributed by atoms with E-state index in [9.17, 15) is 9.59 Å². The van der Waals surface area contributed by atoms with Crippen LogP contribution >= 0.6 is 0 Å². The quantitative estimate of drug-likeness (QED) is 0.698. The van der Waals surface area contributed by atoms with Crippen molar-refractivity contribution < 1.29 is 9.59 Å². The van der Waals surface area contributed by atoms with Gasteiger partial charge >= 0.3 is 0 Å². The molecule has 18 heavy (non-hydrogen) atoms. The van der Waals surface area contributed by atoms with Crippen molar-refractivity contribution in [2.24, 2.45) is 0 Å². The van der Waals surface area contributed by atoms with Gasteiger partial charge < -0.3 is 15.5 Å². The van der Waals surface area contributed by atoms with Crippen molar-refractivity contribution in [2.75, 3.05) is 24.7 Å². The number of anilines is 2. The molecule has 1 aromatic rings. The summed E-state index contributed by atoms with van der Waals surface area (Å²) in [6, 6.07) is 5.14. The molecule has 1 aliphatic heterocycles. The van der Waals surface area contributed by atoms with Gasteiger partial charge in [0, 0.05) is 19.8 Å². The zero-order valence-corrected chi connectivity index (χ0v) is 11.0. The lowest BCUT2D eigenvalue weighted by Gasteiger charge is -2.33. The van der Waals surface area contributed by atoms with Crippen LogP contribution in [0.5, 0.6) is 0 Å². The summed E-state index contributed by atoms with van der Waals surface area (Å²) in [5, 5.41) is 0. The highest BCUT2D eigenvalue weighted by atomic mass is 16.2. The van der Waals surface area contributed by atoms with Gasteiger partial charge in [-0.2, -0.15) is 0 Å². The number of hydrogen-bond acceptors (Lipinski definition) is 3. The number of nitrogen functional groups attached to an aromatic ring is 1. The topological polar surface area (TPSA) is 66.6 Å². The average molecular weight is 247 g/mol. The Labute approximate surface area is 106 Å². The van der Waals surface area contributed by atoms with E-state index in [0.29, 0.717) is 16.9 Å². The van der Waals surface area contributed by atoms with Gasteiger partial charge in [-0.05, 0) is 26.0 Å². The van der Waals surface area contributed by atoms with Crippen LogP contribution in [-0.4, -0.2) is 36.3 Å². The molecule has 0 saturated heterocycles. The molecule has 2 amide bonds. The first-order valence-corrected chi connectivity index (χ1v) is 5.73. The molecule has 0 aliphatic carbocycles. The Hall–Kier alpha value is -2.04. The fraction of sp³-hybridized carbons (Fsp3) is 0.385. The lowest BCUT2D eigenvalue weighted by atomic mass is 10.0. The minimum atomic E-state index is -0.892. The number of likely N-dealkylation sites (N-methyl/N-ethyl adjacent to an activating group) is 2. The highest BCUT2D eigenvalue weighted by Gasteiger charge is 2.42. The molecule has 0 atom stereocenters. The zero-order chi connectivity index (χ0) is 13.7. The van der Waals surface area contributed by atoms with Gasteiger partial charge in [-0.25, -0.2) is 0 Å². The molecule has 96 valence electrons. The van der Waals surface area contributed by atoms with E-state index in [1.54, 1.807) is 46.1 Å². The van der Waals surface area contributed by atoms with Crippen LogP contribution in [0.2, 0.25) is 0 Å². The number of benzene rings is 1. The second kappa shape index (κ2) is 3.73. The van der Waals surface area contributed by atoms with Crippen molar-refractivity contribution in [3.05, 3.63) is 23.8 Å². The third-order valence-corrected chi connectivity index (χ3v) is 3.62. The van der Waals surface area contributed by atoms with E-state index in [1.807, 2.05) is 0 Å². The summed E-state index contributed by atoms with van der Waals surface area (Å²) in [5.74, 6) is -0.367. The predicted molar refractivity (Wildman–Crippen MR) is 70.4 cm³/mol. The fourth-order valence-corrected chi connectivity index (χ4v) is 2.15. The molecule has 0 aromatic heterocycles. The molecule has 0 saturated carbocycles. The van der Waals surface area contributed by atoms with Gasteiger partial charge in [-0.1, -0.05) is 6.07 Å². The second-order valence-corrected chi connectivity index (χ2v) is 5.03. The lowest BCUT2D eigenvalue weighted by molar-refractivity contribution is -0.126. The normalized spacial score (nSPS) is 18.7. The SMILES string of the molecule is CN1C(=O)C(C)(C)N(C)C(=O)c2c(N)cccc21. The third-order valence-electron chi connectivity index (χ3n) is 3.62. The Morgan fingerprint density at radius 1 is 1.17 bits per heavy atom. The van der Waals surface area contributed by atoms with E-state index in [2.05, 4.69) is 0 Å². The van der Waals surface area contributed by atoms with E-state index >= 15 is 0 Å². The highest BCUT2D eigenvalue weighted by Crippen LogP contribution is 2.33. The first-order chi connectivity index (χ1) is 8.28. The van der Waals surface area contributed by atoms with Gasteiger partial charge in [0.2, 0.25) is 0 Å². The maximum Gasteiger partial charge on any atom is 0.258 e. The van der Waals surface area contributed by atoms with E-state index in [0.717, 1.165) is 0 Å². The van der Waals surface area contributed by atoms with E-state index in [1.165, 1.54) is 9.80 Å². The van der Waals surface area contributed by atoms with Crippen molar-refractivity contribution in [3.63, 3.8) is 0 Å². The maximum absolute atomic E-state index is 12.4. The van der Waals surface area contributed by atoms with Crippen LogP contribution in [0.1, 0.15) is 24.2 Å². The molecule has 5 nitrogen and oxygen atoms in total. The predicted octanol–water partition coefficient (Wildman–Crippen LogP) is 1.10. The van der Waals surface area contributed by atoms with Crippen LogP contribution in [0.4, 0.5) is 11.4 Å². The molecule has 0 unspecified atom stereocenters. The first-order valence-electron chi connectivity index (χ1n) is 5.73. The van der Waals surface area contributed by atoms with Crippen LogP contribution in [0.3, 0.4) is 0 Å². The monoisotopic (exact) mass is 247 g/mol. The minimum Gasteiger partial charge on any atom is -0.398 e. The molecular formula is C13H17N3O2. The number of nitrogens with two attached hydrogens (primary N) is 1. The Morgan fingerprint density at radius 3 is 2.39 bits per heavy atom. The number of amides is 2. The third kappa shape index (κ3) is 1.47. The summed E-state index contributed by atoms with van der Waals surface area (Å²) in [6.45, 7) is 3.46. The average Bonchev–Trinajstić information content (AvgIpc) is 2.37. The summed E-state index contributed by atoms with van der Waals surface area (Å²) >= 11 is 0. The van der Waals surface area contributed by atoms with Gasteiger partial charge in [0.05, 0.1) is 11.3 Å². The number of nitrogens with zero attached hydrogens (tertiary/aromatic N) is 2. The van der Waals surface area contributed by atoms with Crippen molar-refractivity contribution in [2.45, 2.75) is 19.4 Å². The fourth-order valence-electron chi connectivity index (χ4n) is 2.15. The molecule has 1 aromatic carbocycles. The summed E-state index contributed by atoms with van der Waals surface area (Å²) in [6.07, 6.45) is 0. The summed E-state index contributed by atoms with van der Waals surface area (Å²) < 4.78 is 0. The van der Waals surface area contributed by atoms with Crippen molar-refractivity contribution in [1.82, 2.24) is 4.90 Å². The molecule has 2 N–H and O–H groups in total. The smallest absolute Gasteiger partial charge is 0.258 e. The van der Waals surface area contributed by atoms with Crippen LogP contribution in [0.25, 0.3) is 0 Å². The van der Waals surface area contributed by atoms with Gasteiger partial charge in [0.1, 0.15) is 5.54 Å². The van der Waals surface area contributed by atoms with Crippen LogP contribution in [0.15, 0.2) is 18.2 Å². The summed E-state index contributed by atoms with van der Waals surface area (Å²) in [7, 11) is 3.28. The van der Waals surface area contributed by atoms with E-state index in [-0.39, 0.29) is 11.8 Å². The highest BCUT2D eigenvalue weighted by molar-refractivity contribution is 6.14. The number of hydrogen-bond donors (Lipinski definition) is 1. The molecular weight excluding hydrogens is 230 g/mol. The van der Waals surface area contributed by atoms with E-state index < -0.39 is 5.54 Å². The Morgan fingerprint density at radius 2 is 1.78 bits per heavy atom. The minimum absolute atomic E-state index is 0.136. The molecule has 5 heteroatoms. The first kappa shape index (κ1) is 12.4. The molecule has 1 heterocycles. The summed E-state index contributed by atoms with van der Waals surface area (Å²) in [4.78, 5) is 27.8. The van der Waals surface area contributed by atoms with Gasteiger partial charge in [-0.3, -0.25) is 9.59 Å². The van der Waals surface area contributed by atoms with Crippen molar-refractivity contribution >= 4 is 23.2 Å². The van der Waals surface area contributed by atoms with Gasteiger partial charge in [-0.15, -0.1) is 0 Å². The standard InChI is InChI=1S/C13H17N3O2/c1-13(2)12(18)15(3)9-7-5-6-8(14)10(9)11(17)16(13)4/h5-7H,14H2,1-4H3. The Balaban J connectivity index is 2.74. The lowest BCUT2D eigenvalue weighted by Crippen LogP contribution is -2.53.